The summed E-state index contributed by atoms with van der Waals surface area (Å²) in [6.07, 6.45) is 0. The molecule has 1 aromatic heterocycles. The molecular weight excluding hydrogens is 398 g/mol. The Labute approximate surface area is 172 Å². The number of carbonyl (C=O) groups excluding carboxylic acids is 2. The minimum atomic E-state index is -0.470. The van der Waals surface area contributed by atoms with Gasteiger partial charge in [0.2, 0.25) is 5.91 Å². The van der Waals surface area contributed by atoms with Gasteiger partial charge >= 0.3 is 5.97 Å². The second-order valence-corrected chi connectivity index (χ2v) is 7.67. The molecule has 1 amide bonds. The molecule has 0 saturated heterocycles. The van der Waals surface area contributed by atoms with Crippen LogP contribution in [0.5, 0.6) is 5.75 Å². The van der Waals surface area contributed by atoms with E-state index in [4.69, 9.17) is 21.1 Å². The number of anilines is 1. The van der Waals surface area contributed by atoms with Crippen molar-refractivity contribution in [3.05, 3.63) is 58.1 Å². The smallest absolute Gasteiger partial charge is 0.341 e. The van der Waals surface area contributed by atoms with Gasteiger partial charge in [0.15, 0.2) is 0 Å². The lowest BCUT2D eigenvalue weighted by Gasteiger charge is -2.11. The monoisotopic (exact) mass is 417 g/mol. The zero-order valence-electron chi connectivity index (χ0n) is 15.8. The van der Waals surface area contributed by atoms with Gasteiger partial charge in [-0.15, -0.1) is 11.3 Å². The van der Waals surface area contributed by atoms with Crippen LogP contribution < -0.4 is 10.1 Å². The van der Waals surface area contributed by atoms with E-state index in [1.807, 2.05) is 43.3 Å². The maximum Gasteiger partial charge on any atom is 0.341 e. The number of hydrogen-bond acceptors (Lipinski definition) is 5. The number of amides is 1. The Hall–Kier alpha value is -2.57. The molecular formula is C21H20ClNO4S. The molecule has 1 N–H and O–H groups in total. The summed E-state index contributed by atoms with van der Waals surface area (Å²) in [5.74, 6) is -0.0537. The van der Waals surface area contributed by atoms with E-state index in [0.29, 0.717) is 33.3 Å². The van der Waals surface area contributed by atoms with Crippen LogP contribution in [0.1, 0.15) is 35.3 Å². The summed E-state index contributed by atoms with van der Waals surface area (Å²) in [6.45, 7) is 5.67. The summed E-state index contributed by atoms with van der Waals surface area (Å²) in [6, 6.07) is 11.2. The van der Waals surface area contributed by atoms with Gasteiger partial charge in [-0.2, -0.15) is 0 Å². The van der Waals surface area contributed by atoms with Crippen LogP contribution in [-0.4, -0.2) is 18.5 Å². The van der Waals surface area contributed by atoms with Crippen molar-refractivity contribution in [2.45, 2.75) is 27.4 Å². The highest BCUT2D eigenvalue weighted by Gasteiger charge is 2.23. The fourth-order valence-electron chi connectivity index (χ4n) is 2.85. The van der Waals surface area contributed by atoms with Crippen LogP contribution in [-0.2, 0) is 16.1 Å². The molecule has 0 saturated carbocycles. The van der Waals surface area contributed by atoms with E-state index in [0.717, 1.165) is 15.8 Å². The average molecular weight is 418 g/mol. The highest BCUT2D eigenvalue weighted by Crippen LogP contribution is 2.43. The molecule has 0 unspecified atom stereocenters. The van der Waals surface area contributed by atoms with Gasteiger partial charge in [0.1, 0.15) is 22.9 Å². The van der Waals surface area contributed by atoms with E-state index >= 15 is 0 Å². The number of benzene rings is 2. The van der Waals surface area contributed by atoms with Gasteiger partial charge in [-0.25, -0.2) is 4.79 Å². The minimum absolute atomic E-state index is 0.250. The number of ether oxygens (including phenoxy) is 2. The average Bonchev–Trinajstić information content (AvgIpc) is 2.98. The van der Waals surface area contributed by atoms with Crippen LogP contribution in [0, 0.1) is 6.92 Å². The quantitative estimate of drug-likeness (QED) is 0.532. The van der Waals surface area contributed by atoms with Crippen molar-refractivity contribution in [3.63, 3.8) is 0 Å². The number of aryl methyl sites for hydroxylation is 1. The van der Waals surface area contributed by atoms with Crippen molar-refractivity contribution in [3.8, 4) is 5.75 Å². The van der Waals surface area contributed by atoms with Gasteiger partial charge in [-0.05, 0) is 37.1 Å². The number of nitrogens with one attached hydrogen (secondary N) is 1. The van der Waals surface area contributed by atoms with Crippen molar-refractivity contribution in [2.75, 3.05) is 11.9 Å². The Morgan fingerprint density at radius 2 is 2.00 bits per heavy atom. The van der Waals surface area contributed by atoms with Crippen LogP contribution in [0.4, 0.5) is 5.00 Å². The molecule has 5 nitrogen and oxygen atoms in total. The fourth-order valence-corrected chi connectivity index (χ4v) is 4.35. The number of thiophene rings is 1. The highest BCUT2D eigenvalue weighted by atomic mass is 35.5. The topological polar surface area (TPSA) is 64.6 Å². The van der Waals surface area contributed by atoms with Gasteiger partial charge in [0.05, 0.1) is 11.3 Å². The summed E-state index contributed by atoms with van der Waals surface area (Å²) < 4.78 is 12.1. The molecule has 0 aliphatic carbocycles. The van der Waals surface area contributed by atoms with E-state index in [9.17, 15) is 9.59 Å². The highest BCUT2D eigenvalue weighted by molar-refractivity contribution is 7.23. The van der Waals surface area contributed by atoms with Crippen LogP contribution in [0.3, 0.4) is 0 Å². The van der Waals surface area contributed by atoms with Gasteiger partial charge in [0.25, 0.3) is 0 Å². The summed E-state index contributed by atoms with van der Waals surface area (Å²) in [7, 11) is 0. The number of halogens is 1. The molecule has 2 aromatic carbocycles. The molecule has 0 radical (unpaired) electrons. The number of rotatable bonds is 6. The molecule has 146 valence electrons. The Morgan fingerprint density at radius 1 is 1.21 bits per heavy atom. The maximum atomic E-state index is 12.5. The first-order chi connectivity index (χ1) is 13.4. The third kappa shape index (κ3) is 4.29. The van der Waals surface area contributed by atoms with Gasteiger partial charge in [-0.3, -0.25) is 4.79 Å². The fraction of sp³-hybridized carbons (Fsp3) is 0.238. The molecule has 7 heteroatoms. The molecule has 3 rings (SSSR count). The van der Waals surface area contributed by atoms with Crippen molar-refractivity contribution in [1.29, 1.82) is 0 Å². The molecule has 0 fully saturated rings. The SMILES string of the molecule is CCOC(=O)c1c(NC(C)=O)sc2c(OCc3cccc(Cl)c3)c(C)ccc12. The third-order valence-electron chi connectivity index (χ3n) is 4.05. The van der Waals surface area contributed by atoms with Crippen LogP contribution in [0.15, 0.2) is 36.4 Å². The van der Waals surface area contributed by atoms with E-state index in [2.05, 4.69) is 5.32 Å². The lowest BCUT2D eigenvalue weighted by molar-refractivity contribution is -0.114. The van der Waals surface area contributed by atoms with Crippen LogP contribution in [0.25, 0.3) is 10.1 Å². The Bertz CT molecular complexity index is 1040. The van der Waals surface area contributed by atoms with Gasteiger partial charge in [0, 0.05) is 17.3 Å². The van der Waals surface area contributed by atoms with Crippen molar-refractivity contribution in [2.24, 2.45) is 0 Å². The lowest BCUT2D eigenvalue weighted by atomic mass is 10.1. The summed E-state index contributed by atoms with van der Waals surface area (Å²) in [4.78, 5) is 24.1. The predicted molar refractivity (Wildman–Crippen MR) is 113 cm³/mol. The zero-order chi connectivity index (χ0) is 20.3. The Morgan fingerprint density at radius 3 is 2.68 bits per heavy atom. The van der Waals surface area contributed by atoms with E-state index in [1.165, 1.54) is 18.3 Å². The predicted octanol–water partition coefficient (Wildman–Crippen LogP) is 5.58. The zero-order valence-corrected chi connectivity index (χ0v) is 17.4. The summed E-state index contributed by atoms with van der Waals surface area (Å²) >= 11 is 7.35. The summed E-state index contributed by atoms with van der Waals surface area (Å²) in [5.41, 5.74) is 2.22. The third-order valence-corrected chi connectivity index (χ3v) is 5.41. The number of carbonyl (C=O) groups is 2. The maximum absolute atomic E-state index is 12.5. The van der Waals surface area contributed by atoms with Gasteiger partial charge in [-0.1, -0.05) is 35.9 Å². The number of hydrogen-bond donors (Lipinski definition) is 1. The number of fused-ring (bicyclic) bond motifs is 1. The first-order valence-corrected chi connectivity index (χ1v) is 9.98. The number of esters is 1. The molecule has 3 aromatic rings. The molecule has 0 aliphatic rings. The molecule has 28 heavy (non-hydrogen) atoms. The van der Waals surface area contributed by atoms with E-state index in [1.54, 1.807) is 6.92 Å². The largest absolute Gasteiger partial charge is 0.487 e. The molecule has 0 spiro atoms. The standard InChI is InChI=1S/C21H20ClNO4S/c1-4-26-21(25)17-16-9-8-12(2)18(19(16)28-20(17)23-13(3)24)27-11-14-6-5-7-15(22)10-14/h5-10H,4,11H2,1-3H3,(H,23,24). The normalized spacial score (nSPS) is 10.7. The second-order valence-electron chi connectivity index (χ2n) is 6.21. The molecule has 1 heterocycles. The lowest BCUT2D eigenvalue weighted by Crippen LogP contribution is -2.10. The molecule has 0 atom stereocenters. The van der Waals surface area contributed by atoms with Crippen molar-refractivity contribution < 1.29 is 19.1 Å². The molecule has 0 bridgehead atoms. The minimum Gasteiger partial charge on any atom is -0.487 e. The first kappa shape index (κ1) is 20.2. The molecule has 0 aliphatic heterocycles. The van der Waals surface area contributed by atoms with Crippen molar-refractivity contribution in [1.82, 2.24) is 0 Å². The van der Waals surface area contributed by atoms with E-state index in [-0.39, 0.29) is 12.5 Å². The second kappa shape index (κ2) is 8.63. The Kier molecular flexibility index (Phi) is 6.21. The van der Waals surface area contributed by atoms with Crippen LogP contribution >= 0.6 is 22.9 Å². The summed E-state index contributed by atoms with van der Waals surface area (Å²) in [5, 5.41) is 4.53. The Balaban J connectivity index is 2.06. The van der Waals surface area contributed by atoms with E-state index < -0.39 is 5.97 Å². The first-order valence-electron chi connectivity index (χ1n) is 8.78. The van der Waals surface area contributed by atoms with Crippen molar-refractivity contribution >= 4 is 49.9 Å². The van der Waals surface area contributed by atoms with Gasteiger partial charge < -0.3 is 14.8 Å². The van der Waals surface area contributed by atoms with Crippen LogP contribution in [0.2, 0.25) is 5.02 Å².